The van der Waals surface area contributed by atoms with Crippen molar-refractivity contribution in [2.75, 3.05) is 56.5 Å². The van der Waals surface area contributed by atoms with Crippen molar-refractivity contribution in [1.29, 1.82) is 0 Å². The van der Waals surface area contributed by atoms with E-state index in [1.54, 1.807) is 12.4 Å². The summed E-state index contributed by atoms with van der Waals surface area (Å²) in [7, 11) is 2.00. The molecule has 3 heterocycles. The van der Waals surface area contributed by atoms with Crippen LogP contribution in [0.3, 0.4) is 0 Å². The minimum atomic E-state index is -0.994. The first-order valence-corrected chi connectivity index (χ1v) is 12.2. The third-order valence-electron chi connectivity index (χ3n) is 6.10. The molecule has 194 valence electrons. The van der Waals surface area contributed by atoms with Crippen molar-refractivity contribution >= 4 is 29.3 Å². The smallest absolute Gasteiger partial charge is 0.323 e. The molecule has 1 amide bonds. The van der Waals surface area contributed by atoms with Crippen molar-refractivity contribution in [3.63, 3.8) is 0 Å². The highest BCUT2D eigenvalue weighted by molar-refractivity contribution is 5.83. The molecule has 0 spiro atoms. The second-order valence-electron chi connectivity index (χ2n) is 8.98. The molecular weight excluding hydrogens is 472 g/mol. The molecular formula is C26H32N8O3. The van der Waals surface area contributed by atoms with Gasteiger partial charge in [-0.05, 0) is 48.9 Å². The van der Waals surface area contributed by atoms with Crippen molar-refractivity contribution in [2.45, 2.75) is 13.0 Å². The fourth-order valence-electron chi connectivity index (χ4n) is 4.14. The van der Waals surface area contributed by atoms with E-state index >= 15 is 0 Å². The number of rotatable bonds is 11. The summed E-state index contributed by atoms with van der Waals surface area (Å²) >= 11 is 0. The van der Waals surface area contributed by atoms with Gasteiger partial charge in [-0.25, -0.2) is 15.0 Å². The number of amides is 1. The van der Waals surface area contributed by atoms with Crippen molar-refractivity contribution in [3.05, 3.63) is 60.4 Å². The van der Waals surface area contributed by atoms with Gasteiger partial charge in [0.25, 0.3) is 0 Å². The van der Waals surface area contributed by atoms with Crippen LogP contribution >= 0.6 is 0 Å². The number of aliphatic carboxylic acids is 1. The molecule has 4 rings (SSSR count). The molecule has 3 aromatic rings. The van der Waals surface area contributed by atoms with E-state index in [0.717, 1.165) is 41.3 Å². The molecule has 11 heteroatoms. The number of piperazine rings is 1. The molecule has 0 unspecified atom stereocenters. The molecule has 1 fully saturated rings. The number of aromatic nitrogens is 3. The van der Waals surface area contributed by atoms with Gasteiger partial charge in [-0.1, -0.05) is 12.1 Å². The average molecular weight is 505 g/mol. The molecule has 1 aliphatic heterocycles. The summed E-state index contributed by atoms with van der Waals surface area (Å²) in [6.07, 6.45) is 4.42. The minimum absolute atomic E-state index is 0.169. The van der Waals surface area contributed by atoms with Gasteiger partial charge in [0.15, 0.2) is 0 Å². The number of nitrogens with one attached hydrogen (secondary N) is 1. The number of hydrogen-bond donors (Lipinski definition) is 3. The van der Waals surface area contributed by atoms with Crippen LogP contribution < -0.4 is 16.0 Å². The van der Waals surface area contributed by atoms with Crippen molar-refractivity contribution in [3.8, 4) is 11.3 Å². The molecule has 2 aromatic heterocycles. The number of nitrogens with two attached hydrogens (primary N) is 1. The van der Waals surface area contributed by atoms with Crippen molar-refractivity contribution in [2.24, 2.45) is 5.73 Å². The lowest BCUT2D eigenvalue weighted by Crippen LogP contribution is -2.51. The predicted octanol–water partition coefficient (Wildman–Crippen LogP) is 1.80. The van der Waals surface area contributed by atoms with Gasteiger partial charge in [0, 0.05) is 56.9 Å². The largest absolute Gasteiger partial charge is 0.480 e. The van der Waals surface area contributed by atoms with E-state index in [4.69, 9.17) is 10.8 Å². The van der Waals surface area contributed by atoms with E-state index in [-0.39, 0.29) is 19.0 Å². The summed E-state index contributed by atoms with van der Waals surface area (Å²) in [5.74, 6) is 0.187. The Kier molecular flexibility index (Phi) is 8.60. The highest BCUT2D eigenvalue weighted by Gasteiger charge is 2.25. The minimum Gasteiger partial charge on any atom is -0.480 e. The standard InChI is InChI=1S/C26H32N8O3/c1-32(11-3-9-27)23-7-6-20(15-29-23)22-8-10-28-26(31-22)30-21-5-2-4-19(14-21)16-33-12-13-34(18-25(36)37)24(35)17-33/h2,4-8,10,14-15H,3,9,11-13,16-18,27H2,1H3,(H,36,37)(H,28,30,31). The van der Waals surface area contributed by atoms with Gasteiger partial charge in [0.05, 0.1) is 12.2 Å². The maximum Gasteiger partial charge on any atom is 0.323 e. The van der Waals surface area contributed by atoms with Crippen LogP contribution in [0.2, 0.25) is 0 Å². The molecule has 1 saturated heterocycles. The molecule has 37 heavy (non-hydrogen) atoms. The van der Waals surface area contributed by atoms with Crippen molar-refractivity contribution in [1.82, 2.24) is 24.8 Å². The van der Waals surface area contributed by atoms with Crippen LogP contribution in [0.15, 0.2) is 54.9 Å². The number of carboxylic acids is 1. The number of pyridine rings is 1. The Morgan fingerprint density at radius 1 is 1.19 bits per heavy atom. The summed E-state index contributed by atoms with van der Waals surface area (Å²) in [5.41, 5.74) is 9.11. The highest BCUT2D eigenvalue weighted by Crippen LogP contribution is 2.22. The number of anilines is 3. The lowest BCUT2D eigenvalue weighted by Gasteiger charge is -2.33. The molecule has 0 bridgehead atoms. The van der Waals surface area contributed by atoms with Crippen LogP contribution in [0, 0.1) is 0 Å². The summed E-state index contributed by atoms with van der Waals surface area (Å²) in [6, 6.07) is 13.7. The highest BCUT2D eigenvalue weighted by atomic mass is 16.4. The zero-order valence-electron chi connectivity index (χ0n) is 20.9. The van der Waals surface area contributed by atoms with E-state index in [1.165, 1.54) is 4.90 Å². The van der Waals surface area contributed by atoms with Gasteiger partial charge < -0.3 is 26.0 Å². The summed E-state index contributed by atoms with van der Waals surface area (Å²) < 4.78 is 0. The normalized spacial score (nSPS) is 14.0. The molecule has 0 radical (unpaired) electrons. The van der Waals surface area contributed by atoms with Crippen molar-refractivity contribution < 1.29 is 14.7 Å². The number of carbonyl (C=O) groups excluding carboxylic acids is 1. The second-order valence-corrected chi connectivity index (χ2v) is 8.98. The molecule has 0 aliphatic carbocycles. The third-order valence-corrected chi connectivity index (χ3v) is 6.10. The Labute approximate surface area is 215 Å². The number of carbonyl (C=O) groups is 2. The Hall–Kier alpha value is -4.09. The topological polar surface area (TPSA) is 141 Å². The zero-order chi connectivity index (χ0) is 26.2. The Balaban J connectivity index is 1.38. The van der Waals surface area contributed by atoms with Gasteiger partial charge in [0.2, 0.25) is 11.9 Å². The molecule has 0 atom stereocenters. The third kappa shape index (κ3) is 7.21. The van der Waals surface area contributed by atoms with E-state index < -0.39 is 5.97 Å². The lowest BCUT2D eigenvalue weighted by molar-refractivity contribution is -0.147. The Bertz CT molecular complexity index is 1220. The van der Waals surface area contributed by atoms with Gasteiger partial charge in [-0.15, -0.1) is 0 Å². The zero-order valence-corrected chi connectivity index (χ0v) is 20.9. The molecule has 4 N–H and O–H groups in total. The first-order valence-electron chi connectivity index (χ1n) is 12.2. The van der Waals surface area contributed by atoms with E-state index in [9.17, 15) is 9.59 Å². The average Bonchev–Trinajstić information content (AvgIpc) is 2.89. The second kappa shape index (κ2) is 12.2. The summed E-state index contributed by atoms with van der Waals surface area (Å²) in [6.45, 7) is 3.05. The van der Waals surface area contributed by atoms with Crippen LogP contribution in [0.5, 0.6) is 0 Å². The van der Waals surface area contributed by atoms with Crippen LogP contribution in [0.25, 0.3) is 11.3 Å². The number of carboxylic acid groups (broad SMARTS) is 1. The quantitative estimate of drug-likeness (QED) is 0.354. The monoisotopic (exact) mass is 504 g/mol. The fraction of sp³-hybridized carbons (Fsp3) is 0.346. The van der Waals surface area contributed by atoms with Crippen LogP contribution in [-0.4, -0.2) is 88.1 Å². The van der Waals surface area contributed by atoms with E-state index in [2.05, 4.69) is 25.2 Å². The van der Waals surface area contributed by atoms with Crippen LogP contribution in [0.4, 0.5) is 17.5 Å². The summed E-state index contributed by atoms with van der Waals surface area (Å²) in [4.78, 5) is 42.2. The predicted molar refractivity (Wildman–Crippen MR) is 141 cm³/mol. The maximum absolute atomic E-state index is 12.3. The molecule has 1 aliphatic rings. The van der Waals surface area contributed by atoms with Gasteiger partial charge >= 0.3 is 5.97 Å². The number of hydrogen-bond acceptors (Lipinski definition) is 9. The molecule has 11 nitrogen and oxygen atoms in total. The lowest BCUT2D eigenvalue weighted by atomic mass is 10.1. The molecule has 0 saturated carbocycles. The number of benzene rings is 1. The maximum atomic E-state index is 12.3. The fourth-order valence-corrected chi connectivity index (χ4v) is 4.14. The first kappa shape index (κ1) is 26.0. The summed E-state index contributed by atoms with van der Waals surface area (Å²) in [5, 5.41) is 12.2. The Morgan fingerprint density at radius 2 is 2.05 bits per heavy atom. The van der Waals surface area contributed by atoms with Crippen LogP contribution in [-0.2, 0) is 16.1 Å². The van der Waals surface area contributed by atoms with Crippen LogP contribution in [0.1, 0.15) is 12.0 Å². The Morgan fingerprint density at radius 3 is 2.78 bits per heavy atom. The molecule has 1 aromatic carbocycles. The van der Waals surface area contributed by atoms with E-state index in [1.807, 2.05) is 54.4 Å². The first-order chi connectivity index (χ1) is 17.9. The SMILES string of the molecule is CN(CCCN)c1ccc(-c2ccnc(Nc3cccc(CN4CCN(CC(=O)O)C(=O)C4)c3)n2)cn1. The van der Waals surface area contributed by atoms with E-state index in [0.29, 0.717) is 32.1 Å². The van der Waals surface area contributed by atoms with Gasteiger partial charge in [-0.2, -0.15) is 0 Å². The van der Waals surface area contributed by atoms with Gasteiger partial charge in [-0.3, -0.25) is 14.5 Å². The van der Waals surface area contributed by atoms with Gasteiger partial charge in [0.1, 0.15) is 12.4 Å². The number of nitrogens with zero attached hydrogens (tertiary/aromatic N) is 6.